The minimum absolute atomic E-state index is 0.0743. The van der Waals surface area contributed by atoms with Crippen LogP contribution in [-0.2, 0) is 11.3 Å². The van der Waals surface area contributed by atoms with Gasteiger partial charge in [0.2, 0.25) is 5.91 Å². The van der Waals surface area contributed by atoms with E-state index >= 15 is 0 Å². The number of rotatable bonds is 4. The summed E-state index contributed by atoms with van der Waals surface area (Å²) < 4.78 is 6.62. The van der Waals surface area contributed by atoms with Crippen LogP contribution in [-0.4, -0.2) is 22.8 Å². The largest absolute Gasteiger partial charge is 0.497 e. The monoisotopic (exact) mass is 308 g/mol. The van der Waals surface area contributed by atoms with E-state index in [1.54, 1.807) is 36.9 Å². The van der Waals surface area contributed by atoms with E-state index in [0.29, 0.717) is 27.8 Å². The van der Waals surface area contributed by atoms with Crippen molar-refractivity contribution in [3.63, 3.8) is 0 Å². The van der Waals surface area contributed by atoms with E-state index in [-0.39, 0.29) is 12.5 Å². The maximum Gasteiger partial charge on any atom is 0.246 e. The van der Waals surface area contributed by atoms with Crippen molar-refractivity contribution in [2.45, 2.75) is 20.4 Å². The molecule has 2 rings (SSSR count). The lowest BCUT2D eigenvalue weighted by molar-refractivity contribution is -0.116. The summed E-state index contributed by atoms with van der Waals surface area (Å²) in [7, 11) is 1.56. The molecule has 1 heterocycles. The number of hydrogen-bond acceptors (Lipinski definition) is 4. The van der Waals surface area contributed by atoms with Crippen LogP contribution in [0, 0.1) is 13.8 Å². The van der Waals surface area contributed by atoms with Crippen LogP contribution < -0.4 is 15.8 Å². The summed E-state index contributed by atoms with van der Waals surface area (Å²) in [6.45, 7) is 3.69. The molecule has 21 heavy (non-hydrogen) atoms. The first-order valence-corrected chi connectivity index (χ1v) is 6.73. The molecular weight excluding hydrogens is 292 g/mol. The summed E-state index contributed by atoms with van der Waals surface area (Å²) in [5, 5.41) is 7.53. The Bertz CT molecular complexity index is 682. The van der Waals surface area contributed by atoms with Crippen LogP contribution in [0.15, 0.2) is 18.2 Å². The van der Waals surface area contributed by atoms with E-state index in [1.807, 2.05) is 6.92 Å². The molecule has 0 saturated carbocycles. The number of nitrogens with two attached hydrogens (primary N) is 1. The maximum absolute atomic E-state index is 12.1. The number of aryl methyl sites for hydroxylation is 1. The van der Waals surface area contributed by atoms with Crippen molar-refractivity contribution in [3.05, 3.63) is 34.6 Å². The standard InChI is InChI=1S/C14H17ClN4O2/c1-8-14(15)9(2)19(18-8)7-13(20)17-12-5-4-10(21-3)6-11(12)16/h4-6H,7,16H2,1-3H3,(H,17,20). The van der Waals surface area contributed by atoms with Crippen LogP contribution >= 0.6 is 11.6 Å². The molecule has 0 spiro atoms. The van der Waals surface area contributed by atoms with Crippen molar-refractivity contribution < 1.29 is 9.53 Å². The van der Waals surface area contributed by atoms with E-state index in [0.717, 1.165) is 5.69 Å². The second-order valence-electron chi connectivity index (χ2n) is 4.64. The smallest absolute Gasteiger partial charge is 0.246 e. The van der Waals surface area contributed by atoms with Crippen LogP contribution in [0.5, 0.6) is 5.75 Å². The Morgan fingerprint density at radius 1 is 1.48 bits per heavy atom. The minimum Gasteiger partial charge on any atom is -0.497 e. The summed E-state index contributed by atoms with van der Waals surface area (Å²) in [5.74, 6) is 0.407. The Morgan fingerprint density at radius 2 is 2.19 bits per heavy atom. The fraction of sp³-hybridized carbons (Fsp3) is 0.286. The zero-order chi connectivity index (χ0) is 15.6. The first kappa shape index (κ1) is 15.2. The number of halogens is 1. The van der Waals surface area contributed by atoms with Crippen LogP contribution in [0.25, 0.3) is 0 Å². The molecule has 0 saturated heterocycles. The molecule has 1 aromatic carbocycles. The molecule has 7 heteroatoms. The third kappa shape index (κ3) is 3.28. The van der Waals surface area contributed by atoms with Crippen LogP contribution in [0.3, 0.4) is 0 Å². The fourth-order valence-electron chi connectivity index (χ4n) is 1.94. The summed E-state index contributed by atoms with van der Waals surface area (Å²) in [6.07, 6.45) is 0. The number of ether oxygens (including phenoxy) is 1. The van der Waals surface area contributed by atoms with Crippen LogP contribution in [0.1, 0.15) is 11.4 Å². The van der Waals surface area contributed by atoms with Gasteiger partial charge in [-0.05, 0) is 26.0 Å². The number of aromatic nitrogens is 2. The number of nitrogens with one attached hydrogen (secondary N) is 1. The van der Waals surface area contributed by atoms with E-state index < -0.39 is 0 Å². The molecule has 0 radical (unpaired) electrons. The topological polar surface area (TPSA) is 82.2 Å². The van der Waals surface area contributed by atoms with E-state index in [1.165, 1.54) is 0 Å². The van der Waals surface area contributed by atoms with Gasteiger partial charge in [-0.1, -0.05) is 11.6 Å². The molecule has 1 amide bonds. The number of carbonyl (C=O) groups excluding carboxylic acids is 1. The van der Waals surface area contributed by atoms with Gasteiger partial charge in [0, 0.05) is 6.07 Å². The number of benzene rings is 1. The molecule has 6 nitrogen and oxygen atoms in total. The van der Waals surface area contributed by atoms with E-state index in [4.69, 9.17) is 22.1 Å². The Labute approximate surface area is 127 Å². The molecule has 0 aliphatic rings. The van der Waals surface area contributed by atoms with Gasteiger partial charge in [-0.15, -0.1) is 0 Å². The average Bonchev–Trinajstić information content (AvgIpc) is 2.68. The van der Waals surface area contributed by atoms with E-state index in [9.17, 15) is 4.79 Å². The van der Waals surface area contributed by atoms with Gasteiger partial charge in [0.15, 0.2) is 0 Å². The summed E-state index contributed by atoms with van der Waals surface area (Å²) in [5.41, 5.74) is 8.29. The molecule has 0 unspecified atom stereocenters. The lowest BCUT2D eigenvalue weighted by Gasteiger charge is -2.10. The highest BCUT2D eigenvalue weighted by Crippen LogP contribution is 2.24. The van der Waals surface area contributed by atoms with Gasteiger partial charge < -0.3 is 15.8 Å². The van der Waals surface area contributed by atoms with Crippen LogP contribution in [0.4, 0.5) is 11.4 Å². The average molecular weight is 309 g/mol. The van der Waals surface area contributed by atoms with Crippen LogP contribution in [0.2, 0.25) is 5.02 Å². The molecule has 2 aromatic rings. The third-order valence-corrected chi connectivity index (χ3v) is 3.67. The molecule has 1 aromatic heterocycles. The maximum atomic E-state index is 12.1. The van der Waals surface area contributed by atoms with Gasteiger partial charge in [-0.3, -0.25) is 9.48 Å². The number of amides is 1. The molecule has 0 atom stereocenters. The second kappa shape index (κ2) is 6.05. The quantitative estimate of drug-likeness (QED) is 0.850. The summed E-state index contributed by atoms with van der Waals surface area (Å²) >= 11 is 6.05. The minimum atomic E-state index is -0.228. The molecule has 0 fully saturated rings. The summed E-state index contributed by atoms with van der Waals surface area (Å²) in [6, 6.07) is 5.07. The number of hydrogen-bond donors (Lipinski definition) is 2. The predicted octanol–water partition coefficient (Wildman–Crippen LogP) is 2.38. The van der Waals surface area contributed by atoms with Crippen molar-refractivity contribution in [3.8, 4) is 5.75 Å². The number of nitrogens with zero attached hydrogens (tertiary/aromatic N) is 2. The lowest BCUT2D eigenvalue weighted by Crippen LogP contribution is -2.21. The molecule has 112 valence electrons. The first-order valence-electron chi connectivity index (χ1n) is 6.35. The second-order valence-corrected chi connectivity index (χ2v) is 5.02. The van der Waals surface area contributed by atoms with Crippen molar-refractivity contribution in [1.82, 2.24) is 9.78 Å². The lowest BCUT2D eigenvalue weighted by atomic mass is 10.2. The summed E-state index contributed by atoms with van der Waals surface area (Å²) in [4.78, 5) is 12.1. The molecule has 0 aliphatic heterocycles. The van der Waals surface area contributed by atoms with Gasteiger partial charge in [0.05, 0.1) is 34.9 Å². The first-order chi connectivity index (χ1) is 9.92. The van der Waals surface area contributed by atoms with Crippen molar-refractivity contribution in [1.29, 1.82) is 0 Å². The van der Waals surface area contributed by atoms with Gasteiger partial charge in [0.25, 0.3) is 0 Å². The Morgan fingerprint density at radius 3 is 2.71 bits per heavy atom. The predicted molar refractivity (Wildman–Crippen MR) is 82.7 cm³/mol. The van der Waals surface area contributed by atoms with Crippen molar-refractivity contribution in [2.24, 2.45) is 0 Å². The fourth-order valence-corrected chi connectivity index (χ4v) is 2.07. The molecular formula is C14H17ClN4O2. The number of nitrogen functional groups attached to an aromatic ring is 1. The van der Waals surface area contributed by atoms with Gasteiger partial charge in [0.1, 0.15) is 12.3 Å². The Hall–Kier alpha value is -2.21. The zero-order valence-electron chi connectivity index (χ0n) is 12.1. The number of methoxy groups -OCH3 is 1. The highest BCUT2D eigenvalue weighted by molar-refractivity contribution is 6.31. The van der Waals surface area contributed by atoms with Crippen molar-refractivity contribution >= 4 is 28.9 Å². The SMILES string of the molecule is COc1ccc(NC(=O)Cn2nc(C)c(Cl)c2C)c(N)c1. The number of anilines is 2. The van der Waals surface area contributed by atoms with E-state index in [2.05, 4.69) is 10.4 Å². The van der Waals surface area contributed by atoms with Gasteiger partial charge >= 0.3 is 0 Å². The highest BCUT2D eigenvalue weighted by atomic mass is 35.5. The highest BCUT2D eigenvalue weighted by Gasteiger charge is 2.13. The zero-order valence-corrected chi connectivity index (χ0v) is 12.9. The third-order valence-electron chi connectivity index (χ3n) is 3.12. The molecule has 0 aliphatic carbocycles. The van der Waals surface area contributed by atoms with Gasteiger partial charge in [-0.2, -0.15) is 5.10 Å². The number of carbonyl (C=O) groups is 1. The Kier molecular flexibility index (Phi) is 4.37. The molecule has 0 bridgehead atoms. The Balaban J connectivity index is 2.10. The molecule has 3 N–H and O–H groups in total. The normalized spacial score (nSPS) is 10.5. The van der Waals surface area contributed by atoms with Gasteiger partial charge in [-0.25, -0.2) is 0 Å². The van der Waals surface area contributed by atoms with Crippen molar-refractivity contribution in [2.75, 3.05) is 18.2 Å².